The second kappa shape index (κ2) is 7.31. The topological polar surface area (TPSA) is 55.8 Å². The molecule has 0 aromatic heterocycles. The molecule has 0 bridgehead atoms. The molecule has 0 aliphatic heterocycles. The summed E-state index contributed by atoms with van der Waals surface area (Å²) in [6, 6.07) is 3.74. The van der Waals surface area contributed by atoms with Crippen molar-refractivity contribution in [3.8, 4) is 5.75 Å². The minimum atomic E-state index is -0.992. The standard InChI is InChI=1S/C14H17BrO4/c1-9-6-12(15)7-11(4-5-13(16)17)14(9)19-10(2)8-18-3/h4-7,10H,8H2,1-3H3,(H,16,17)/b5-4+. The van der Waals surface area contributed by atoms with E-state index in [9.17, 15) is 4.79 Å². The molecule has 1 unspecified atom stereocenters. The molecule has 4 nitrogen and oxygen atoms in total. The summed E-state index contributed by atoms with van der Waals surface area (Å²) in [7, 11) is 1.61. The number of hydrogen-bond acceptors (Lipinski definition) is 3. The molecule has 0 aliphatic rings. The summed E-state index contributed by atoms with van der Waals surface area (Å²) in [5.74, 6) is -0.321. The number of methoxy groups -OCH3 is 1. The Morgan fingerprint density at radius 3 is 2.79 bits per heavy atom. The summed E-state index contributed by atoms with van der Waals surface area (Å²) in [5, 5.41) is 8.71. The van der Waals surface area contributed by atoms with E-state index in [-0.39, 0.29) is 6.10 Å². The van der Waals surface area contributed by atoms with Gasteiger partial charge in [-0.15, -0.1) is 0 Å². The van der Waals surface area contributed by atoms with E-state index in [0.29, 0.717) is 12.4 Å². The Bertz CT molecular complexity index is 483. The monoisotopic (exact) mass is 328 g/mol. The number of carbonyl (C=O) groups is 1. The van der Waals surface area contributed by atoms with Crippen molar-refractivity contribution in [2.45, 2.75) is 20.0 Å². The third-order valence-corrected chi connectivity index (χ3v) is 2.85. The van der Waals surface area contributed by atoms with Gasteiger partial charge in [-0.2, -0.15) is 0 Å². The number of aliphatic carboxylic acids is 1. The Morgan fingerprint density at radius 1 is 1.53 bits per heavy atom. The molecule has 1 N–H and O–H groups in total. The zero-order chi connectivity index (χ0) is 14.4. The summed E-state index contributed by atoms with van der Waals surface area (Å²) in [5.41, 5.74) is 1.65. The maximum absolute atomic E-state index is 10.6. The fourth-order valence-electron chi connectivity index (χ4n) is 1.67. The van der Waals surface area contributed by atoms with Crippen molar-refractivity contribution in [1.29, 1.82) is 0 Å². The molecule has 0 saturated heterocycles. The smallest absolute Gasteiger partial charge is 0.328 e. The second-order valence-electron chi connectivity index (χ2n) is 4.20. The molecule has 0 radical (unpaired) electrons. The lowest BCUT2D eigenvalue weighted by Crippen LogP contribution is -2.19. The minimum absolute atomic E-state index is 0.109. The Hall–Kier alpha value is -1.33. The number of carboxylic acids is 1. The predicted octanol–water partition coefficient (Wildman–Crippen LogP) is 3.27. The summed E-state index contributed by atoms with van der Waals surface area (Å²) in [6.45, 7) is 4.28. The number of aryl methyl sites for hydroxylation is 1. The third kappa shape index (κ3) is 5.04. The number of carboxylic acid groups (broad SMARTS) is 1. The number of halogens is 1. The van der Waals surface area contributed by atoms with Gasteiger partial charge in [0, 0.05) is 23.2 Å². The fraction of sp³-hybridized carbons (Fsp3) is 0.357. The molecular formula is C14H17BrO4. The van der Waals surface area contributed by atoms with Crippen molar-refractivity contribution in [2.24, 2.45) is 0 Å². The van der Waals surface area contributed by atoms with Gasteiger partial charge in [-0.25, -0.2) is 4.79 Å². The fourth-order valence-corrected chi connectivity index (χ4v) is 2.26. The van der Waals surface area contributed by atoms with Crippen LogP contribution in [-0.4, -0.2) is 30.9 Å². The van der Waals surface area contributed by atoms with Crippen molar-refractivity contribution in [3.63, 3.8) is 0 Å². The molecule has 0 saturated carbocycles. The van der Waals surface area contributed by atoms with Crippen molar-refractivity contribution in [2.75, 3.05) is 13.7 Å². The molecule has 0 amide bonds. The van der Waals surface area contributed by atoms with Crippen LogP contribution in [0.2, 0.25) is 0 Å². The first-order valence-electron chi connectivity index (χ1n) is 5.80. The highest BCUT2D eigenvalue weighted by molar-refractivity contribution is 9.10. The maximum Gasteiger partial charge on any atom is 0.328 e. The summed E-state index contributed by atoms with van der Waals surface area (Å²) >= 11 is 3.39. The number of rotatable bonds is 6. The van der Waals surface area contributed by atoms with Crippen LogP contribution in [0.4, 0.5) is 0 Å². The van der Waals surface area contributed by atoms with E-state index >= 15 is 0 Å². The minimum Gasteiger partial charge on any atom is -0.487 e. The van der Waals surface area contributed by atoms with Gasteiger partial charge >= 0.3 is 5.97 Å². The normalized spacial score (nSPS) is 12.6. The number of benzene rings is 1. The van der Waals surface area contributed by atoms with Crippen LogP contribution in [0.3, 0.4) is 0 Å². The average molecular weight is 329 g/mol. The molecule has 5 heteroatoms. The molecule has 1 aromatic rings. The zero-order valence-electron chi connectivity index (χ0n) is 11.1. The van der Waals surface area contributed by atoms with E-state index in [0.717, 1.165) is 21.7 Å². The highest BCUT2D eigenvalue weighted by atomic mass is 79.9. The number of ether oxygens (including phenoxy) is 2. The molecule has 0 heterocycles. The lowest BCUT2D eigenvalue weighted by Gasteiger charge is -2.18. The van der Waals surface area contributed by atoms with Crippen molar-refractivity contribution in [3.05, 3.63) is 33.8 Å². The molecule has 19 heavy (non-hydrogen) atoms. The number of hydrogen-bond donors (Lipinski definition) is 1. The summed E-state index contributed by atoms with van der Waals surface area (Å²) in [6.07, 6.45) is 2.51. The zero-order valence-corrected chi connectivity index (χ0v) is 12.7. The molecule has 1 aromatic carbocycles. The van der Waals surface area contributed by atoms with Gasteiger partial charge in [0.15, 0.2) is 0 Å². The van der Waals surface area contributed by atoms with E-state index in [1.54, 1.807) is 7.11 Å². The molecule has 104 valence electrons. The van der Waals surface area contributed by atoms with Gasteiger partial charge in [-0.1, -0.05) is 15.9 Å². The lowest BCUT2D eigenvalue weighted by atomic mass is 10.1. The largest absolute Gasteiger partial charge is 0.487 e. The van der Waals surface area contributed by atoms with Gasteiger partial charge in [-0.3, -0.25) is 0 Å². The van der Waals surface area contributed by atoms with Gasteiger partial charge in [0.2, 0.25) is 0 Å². The van der Waals surface area contributed by atoms with Crippen LogP contribution in [0.15, 0.2) is 22.7 Å². The van der Waals surface area contributed by atoms with Crippen molar-refractivity contribution >= 4 is 28.0 Å². The van der Waals surface area contributed by atoms with Crippen molar-refractivity contribution < 1.29 is 19.4 Å². The summed E-state index contributed by atoms with van der Waals surface area (Å²) in [4.78, 5) is 10.6. The predicted molar refractivity (Wildman–Crippen MR) is 77.5 cm³/mol. The molecular weight excluding hydrogens is 312 g/mol. The Labute approximate surface area is 121 Å². The summed E-state index contributed by atoms with van der Waals surface area (Å²) < 4.78 is 11.7. The van der Waals surface area contributed by atoms with Crippen LogP contribution in [0.5, 0.6) is 5.75 Å². The van der Waals surface area contributed by atoms with E-state index in [1.165, 1.54) is 6.08 Å². The van der Waals surface area contributed by atoms with Crippen LogP contribution in [0, 0.1) is 6.92 Å². The van der Waals surface area contributed by atoms with Crippen molar-refractivity contribution in [1.82, 2.24) is 0 Å². The third-order valence-electron chi connectivity index (χ3n) is 2.39. The lowest BCUT2D eigenvalue weighted by molar-refractivity contribution is -0.131. The molecule has 1 atom stereocenters. The first kappa shape index (κ1) is 15.7. The van der Waals surface area contributed by atoms with Crippen LogP contribution >= 0.6 is 15.9 Å². The molecule has 0 fully saturated rings. The SMILES string of the molecule is COCC(C)Oc1c(C)cc(Br)cc1/C=C/C(=O)O. The van der Waals surface area contributed by atoms with Gasteiger partial charge < -0.3 is 14.6 Å². The van der Waals surface area contributed by atoms with Crippen LogP contribution in [-0.2, 0) is 9.53 Å². The molecule has 0 aliphatic carbocycles. The Morgan fingerprint density at radius 2 is 2.21 bits per heavy atom. The molecule has 1 rings (SSSR count). The highest BCUT2D eigenvalue weighted by Gasteiger charge is 2.11. The van der Waals surface area contributed by atoms with Gasteiger partial charge in [0.1, 0.15) is 11.9 Å². The Balaban J connectivity index is 3.09. The van der Waals surface area contributed by atoms with E-state index in [1.807, 2.05) is 26.0 Å². The van der Waals surface area contributed by atoms with E-state index < -0.39 is 5.97 Å². The maximum atomic E-state index is 10.6. The van der Waals surface area contributed by atoms with Gasteiger partial charge in [-0.05, 0) is 37.6 Å². The van der Waals surface area contributed by atoms with Gasteiger partial charge in [0.25, 0.3) is 0 Å². The quantitative estimate of drug-likeness (QED) is 0.814. The average Bonchev–Trinajstić information content (AvgIpc) is 2.30. The molecule has 0 spiro atoms. The first-order valence-corrected chi connectivity index (χ1v) is 6.60. The Kier molecular flexibility index (Phi) is 6.05. The first-order chi connectivity index (χ1) is 8.93. The van der Waals surface area contributed by atoms with E-state index in [4.69, 9.17) is 14.6 Å². The van der Waals surface area contributed by atoms with Crippen LogP contribution in [0.1, 0.15) is 18.1 Å². The second-order valence-corrected chi connectivity index (χ2v) is 5.11. The van der Waals surface area contributed by atoms with Crippen LogP contribution < -0.4 is 4.74 Å². The van der Waals surface area contributed by atoms with Gasteiger partial charge in [0.05, 0.1) is 6.61 Å². The highest BCUT2D eigenvalue weighted by Crippen LogP contribution is 2.30. The van der Waals surface area contributed by atoms with E-state index in [2.05, 4.69) is 15.9 Å². The van der Waals surface area contributed by atoms with Crippen LogP contribution in [0.25, 0.3) is 6.08 Å².